The van der Waals surface area contributed by atoms with Crippen LogP contribution >= 0.6 is 0 Å². The molecule has 0 aromatic rings. The van der Waals surface area contributed by atoms with Crippen LogP contribution in [0.25, 0.3) is 0 Å². The van der Waals surface area contributed by atoms with Gasteiger partial charge in [0.25, 0.3) is 0 Å². The number of hydrogen-bond acceptors (Lipinski definition) is 4. The van der Waals surface area contributed by atoms with Crippen LogP contribution in [-0.4, -0.2) is 17.3 Å². The molecule has 3 saturated carbocycles. The number of hydrazine groups is 1. The number of carbonyl (C=O) groups is 1. The third-order valence-electron chi connectivity index (χ3n) is 7.28. The zero-order valence-electron chi connectivity index (χ0n) is 19.1. The zero-order chi connectivity index (χ0) is 21.8. The molecule has 0 bridgehead atoms. The van der Waals surface area contributed by atoms with Crippen molar-refractivity contribution in [3.05, 3.63) is 24.9 Å². The average molecular weight is 402 g/mol. The van der Waals surface area contributed by atoms with Gasteiger partial charge in [0, 0.05) is 25.5 Å². The van der Waals surface area contributed by atoms with Crippen molar-refractivity contribution in [2.45, 2.75) is 85.1 Å². The maximum Gasteiger partial charge on any atom is 0.120 e. The van der Waals surface area contributed by atoms with E-state index in [9.17, 15) is 4.79 Å². The normalized spacial score (nSPS) is 35.0. The Bertz CT molecular complexity index is 553. The van der Waals surface area contributed by atoms with Gasteiger partial charge >= 0.3 is 0 Å². The molecule has 4 nitrogen and oxygen atoms in total. The van der Waals surface area contributed by atoms with Gasteiger partial charge in [-0.2, -0.15) is 5.26 Å². The highest BCUT2D eigenvalue weighted by Crippen LogP contribution is 2.57. The van der Waals surface area contributed by atoms with Gasteiger partial charge in [0.2, 0.25) is 0 Å². The monoisotopic (exact) mass is 401 g/mol. The van der Waals surface area contributed by atoms with Crippen LogP contribution in [0.3, 0.4) is 0 Å². The molecule has 3 aliphatic carbocycles. The minimum Gasteiger partial charge on any atom is -0.315 e. The van der Waals surface area contributed by atoms with E-state index >= 15 is 0 Å². The quantitative estimate of drug-likeness (QED) is 0.262. The largest absolute Gasteiger partial charge is 0.315 e. The summed E-state index contributed by atoms with van der Waals surface area (Å²) in [4.78, 5) is 11.0. The van der Waals surface area contributed by atoms with Crippen LogP contribution in [0.2, 0.25) is 0 Å². The van der Waals surface area contributed by atoms with E-state index in [0.29, 0.717) is 17.9 Å². The van der Waals surface area contributed by atoms with Gasteiger partial charge in [-0.05, 0) is 74.5 Å². The van der Waals surface area contributed by atoms with E-state index in [2.05, 4.69) is 25.7 Å². The Hall–Kier alpha value is -1.60. The van der Waals surface area contributed by atoms with Crippen molar-refractivity contribution in [2.24, 2.45) is 41.4 Å². The molecule has 3 fully saturated rings. The van der Waals surface area contributed by atoms with Gasteiger partial charge in [-0.25, -0.2) is 5.84 Å². The molecule has 0 aromatic heterocycles. The Morgan fingerprint density at radius 2 is 1.62 bits per heavy atom. The summed E-state index contributed by atoms with van der Waals surface area (Å²) < 4.78 is 0. The molecule has 2 N–H and O–H groups in total. The van der Waals surface area contributed by atoms with Crippen LogP contribution in [0.15, 0.2) is 24.9 Å². The van der Waals surface area contributed by atoms with Crippen molar-refractivity contribution >= 4 is 6.29 Å². The Balaban J connectivity index is 0.000000771. The third kappa shape index (κ3) is 6.19. The topological polar surface area (TPSA) is 70.1 Å². The summed E-state index contributed by atoms with van der Waals surface area (Å²) >= 11 is 0. The zero-order valence-corrected chi connectivity index (χ0v) is 19.1. The number of nitriles is 1. The summed E-state index contributed by atoms with van der Waals surface area (Å²) in [5.41, 5.74) is 0. The summed E-state index contributed by atoms with van der Waals surface area (Å²) in [5.74, 6) is 10.7. The predicted octanol–water partition coefficient (Wildman–Crippen LogP) is 5.86. The molecule has 0 saturated heterocycles. The molecule has 0 spiro atoms. The first kappa shape index (κ1) is 25.4. The van der Waals surface area contributed by atoms with Gasteiger partial charge in [-0.3, -0.25) is 0 Å². The lowest BCUT2D eigenvalue weighted by molar-refractivity contribution is -0.109. The van der Waals surface area contributed by atoms with Crippen LogP contribution in [-0.2, 0) is 4.79 Å². The Kier molecular flexibility index (Phi) is 11.9. The lowest BCUT2D eigenvalue weighted by Gasteiger charge is -2.51. The van der Waals surface area contributed by atoms with Gasteiger partial charge < -0.3 is 9.80 Å². The fourth-order valence-electron chi connectivity index (χ4n) is 6.29. The molecule has 0 aromatic carbocycles. The maximum atomic E-state index is 11.0. The van der Waals surface area contributed by atoms with Crippen molar-refractivity contribution in [2.75, 3.05) is 0 Å². The molecule has 29 heavy (non-hydrogen) atoms. The van der Waals surface area contributed by atoms with Crippen molar-refractivity contribution in [3.8, 4) is 6.07 Å². The number of aldehydes is 1. The third-order valence-corrected chi connectivity index (χ3v) is 7.28. The first-order valence-electron chi connectivity index (χ1n) is 11.7. The van der Waals surface area contributed by atoms with E-state index in [1.165, 1.54) is 45.4 Å². The van der Waals surface area contributed by atoms with E-state index in [1.54, 1.807) is 12.3 Å². The molecule has 164 valence electrons. The summed E-state index contributed by atoms with van der Waals surface area (Å²) in [6.07, 6.45) is 17.3. The van der Waals surface area contributed by atoms with E-state index in [0.717, 1.165) is 42.8 Å². The first-order valence-corrected chi connectivity index (χ1v) is 11.7. The van der Waals surface area contributed by atoms with E-state index < -0.39 is 0 Å². The predicted molar refractivity (Wildman–Crippen MR) is 121 cm³/mol. The van der Waals surface area contributed by atoms with Crippen LogP contribution in [0, 0.1) is 46.8 Å². The summed E-state index contributed by atoms with van der Waals surface area (Å²) in [6.45, 7) is 11.5. The van der Waals surface area contributed by atoms with Gasteiger partial charge in [0.1, 0.15) is 6.29 Å². The molecule has 7 unspecified atom stereocenters. The number of fused-ring (bicyclic) bond motifs is 3. The summed E-state index contributed by atoms with van der Waals surface area (Å²) in [7, 11) is 0. The van der Waals surface area contributed by atoms with Gasteiger partial charge in [-0.1, -0.05) is 39.5 Å². The highest BCUT2D eigenvalue weighted by molar-refractivity contribution is 5.50. The summed E-state index contributed by atoms with van der Waals surface area (Å²) in [5, 5.41) is 9.18. The number of allylic oxidation sites excluding steroid dienone is 1. The number of rotatable bonds is 6. The van der Waals surface area contributed by atoms with Crippen molar-refractivity contribution in [3.63, 3.8) is 0 Å². The fourth-order valence-corrected chi connectivity index (χ4v) is 6.29. The SMILES string of the molecule is C=CN(N)C1CCC2C(CCC3C(CC=O)CCC32)C1/C=C\CC.CC.CC#N. The second kappa shape index (κ2) is 13.6. The number of hydrogen-bond donors (Lipinski definition) is 1. The Morgan fingerprint density at radius 3 is 2.21 bits per heavy atom. The number of nitrogens with two attached hydrogens (primary N) is 1. The van der Waals surface area contributed by atoms with E-state index in [-0.39, 0.29) is 0 Å². The van der Waals surface area contributed by atoms with Crippen LogP contribution < -0.4 is 5.84 Å². The molecule has 0 amide bonds. The van der Waals surface area contributed by atoms with Crippen LogP contribution in [0.1, 0.15) is 79.1 Å². The second-order valence-corrected chi connectivity index (χ2v) is 8.38. The van der Waals surface area contributed by atoms with Gasteiger partial charge in [0.05, 0.1) is 12.1 Å². The molecule has 4 heteroatoms. The molecule has 7 atom stereocenters. The number of nitrogens with zero attached hydrogens (tertiary/aromatic N) is 2. The van der Waals surface area contributed by atoms with E-state index in [1.807, 2.05) is 18.9 Å². The molecule has 0 aliphatic heterocycles. The lowest BCUT2D eigenvalue weighted by Crippen LogP contribution is -2.51. The van der Waals surface area contributed by atoms with Gasteiger partial charge in [0.15, 0.2) is 0 Å². The molecule has 0 radical (unpaired) electrons. The first-order chi connectivity index (χ1) is 14.1. The second-order valence-electron chi connectivity index (χ2n) is 8.38. The smallest absolute Gasteiger partial charge is 0.120 e. The summed E-state index contributed by atoms with van der Waals surface area (Å²) in [6, 6.07) is 2.15. The molecule has 3 aliphatic rings. The minimum atomic E-state index is 0.398. The van der Waals surface area contributed by atoms with Crippen molar-refractivity contribution < 1.29 is 4.79 Å². The number of carbonyl (C=O) groups excluding carboxylic acids is 1. The van der Waals surface area contributed by atoms with E-state index in [4.69, 9.17) is 11.1 Å². The van der Waals surface area contributed by atoms with Crippen molar-refractivity contribution in [1.82, 2.24) is 5.01 Å². The maximum absolute atomic E-state index is 11.0. The highest BCUT2D eigenvalue weighted by atomic mass is 16.1. The Labute approximate surface area is 179 Å². The average Bonchev–Trinajstić information content (AvgIpc) is 3.16. The lowest BCUT2D eigenvalue weighted by atomic mass is 9.57. The standard InChI is InChI=1S/C21H34N2O.C2H3N.C2H6/c1-3-5-6-20-19-10-9-16-15(13-14-24)7-8-17(16)18(19)11-12-21(20)23(22)4-2;1-2-3;1-2/h4-6,14-21H,2-3,7-13,22H2,1H3;1H3;1-2H3/b6-5-;;. The van der Waals surface area contributed by atoms with Crippen LogP contribution in [0.5, 0.6) is 0 Å². The Morgan fingerprint density at radius 1 is 1.07 bits per heavy atom. The fraction of sp³-hybridized carbons (Fsp3) is 0.760. The minimum absolute atomic E-state index is 0.398. The molecule has 0 heterocycles. The highest BCUT2D eigenvalue weighted by Gasteiger charge is 2.50. The van der Waals surface area contributed by atoms with Crippen LogP contribution in [0.4, 0.5) is 0 Å². The molecular weight excluding hydrogens is 358 g/mol. The van der Waals surface area contributed by atoms with Gasteiger partial charge in [-0.15, -0.1) is 0 Å². The molecular formula is C25H43N3O. The van der Waals surface area contributed by atoms with Crippen molar-refractivity contribution in [1.29, 1.82) is 5.26 Å². The molecule has 3 rings (SSSR count).